The first-order chi connectivity index (χ1) is 18.4. The summed E-state index contributed by atoms with van der Waals surface area (Å²) in [5, 5.41) is 13.7. The minimum absolute atomic E-state index is 0.0498. The number of nitrogens with zero attached hydrogens (tertiary/aromatic N) is 4. The van der Waals surface area contributed by atoms with E-state index in [1.807, 2.05) is 66.9 Å². The number of aromatic nitrogens is 3. The lowest BCUT2D eigenvalue weighted by atomic mass is 9.96. The van der Waals surface area contributed by atoms with Crippen LogP contribution in [0.4, 0.5) is 5.13 Å². The lowest BCUT2D eigenvalue weighted by molar-refractivity contribution is -0.132. The number of aryl methyl sites for hydroxylation is 2. The smallest absolute Gasteiger partial charge is 0.301 e. The Morgan fingerprint density at radius 2 is 1.79 bits per heavy atom. The zero-order valence-electron chi connectivity index (χ0n) is 20.5. The van der Waals surface area contributed by atoms with E-state index in [0.29, 0.717) is 33.5 Å². The first kappa shape index (κ1) is 23.6. The Kier molecular flexibility index (Phi) is 5.77. The summed E-state index contributed by atoms with van der Waals surface area (Å²) in [7, 11) is 0. The number of ether oxygens (including phenoxy) is 1. The number of rotatable bonds is 5. The molecule has 1 N–H and O–H groups in total. The number of pyridine rings is 1. The number of anilines is 1. The van der Waals surface area contributed by atoms with Gasteiger partial charge in [-0.25, -0.2) is 9.97 Å². The van der Waals surface area contributed by atoms with Gasteiger partial charge in [0.25, 0.3) is 5.78 Å². The predicted molar refractivity (Wildman–Crippen MR) is 145 cm³/mol. The van der Waals surface area contributed by atoms with Crippen LogP contribution in [0.25, 0.3) is 11.4 Å². The quantitative estimate of drug-likeness (QED) is 0.177. The van der Waals surface area contributed by atoms with Crippen LogP contribution in [0, 0.1) is 13.8 Å². The molecule has 0 radical (unpaired) electrons. The van der Waals surface area contributed by atoms with Crippen LogP contribution in [0.5, 0.6) is 11.5 Å². The number of aliphatic hydroxyl groups is 1. The van der Waals surface area contributed by atoms with Gasteiger partial charge in [-0.2, -0.15) is 0 Å². The SMILES string of the molecule is Cc1cccn2c(C)c(C(O)=C3C(=O)C(=O)N(c4nccs4)C3c3cccc(Oc4ccccc4)c3)nc12. The normalized spacial score (nSPS) is 16.9. The summed E-state index contributed by atoms with van der Waals surface area (Å²) < 4.78 is 7.87. The van der Waals surface area contributed by atoms with Gasteiger partial charge in [-0.3, -0.25) is 14.5 Å². The van der Waals surface area contributed by atoms with Gasteiger partial charge in [0.1, 0.15) is 22.8 Å². The highest BCUT2D eigenvalue weighted by molar-refractivity contribution is 7.14. The zero-order chi connectivity index (χ0) is 26.4. The summed E-state index contributed by atoms with van der Waals surface area (Å²) in [5.74, 6) is -0.724. The second-order valence-electron chi connectivity index (χ2n) is 8.90. The van der Waals surface area contributed by atoms with Crippen LogP contribution in [-0.2, 0) is 9.59 Å². The Hall–Kier alpha value is -4.76. The fourth-order valence-corrected chi connectivity index (χ4v) is 5.39. The van der Waals surface area contributed by atoms with Gasteiger partial charge in [0.2, 0.25) is 0 Å². The van der Waals surface area contributed by atoms with Crippen molar-refractivity contribution in [2.45, 2.75) is 19.9 Å². The lowest BCUT2D eigenvalue weighted by Gasteiger charge is -2.23. The molecule has 8 nitrogen and oxygen atoms in total. The van der Waals surface area contributed by atoms with Crippen molar-refractivity contribution in [1.82, 2.24) is 14.4 Å². The first-order valence-corrected chi connectivity index (χ1v) is 12.8. The minimum atomic E-state index is -0.925. The van der Waals surface area contributed by atoms with Crippen LogP contribution < -0.4 is 9.64 Å². The van der Waals surface area contributed by atoms with E-state index in [1.54, 1.807) is 35.8 Å². The highest BCUT2D eigenvalue weighted by Crippen LogP contribution is 2.43. The topological polar surface area (TPSA) is 97.0 Å². The molecule has 6 rings (SSSR count). The molecule has 38 heavy (non-hydrogen) atoms. The number of amides is 1. The second-order valence-corrected chi connectivity index (χ2v) is 9.78. The number of imidazole rings is 1. The highest BCUT2D eigenvalue weighted by Gasteiger charge is 2.48. The maximum absolute atomic E-state index is 13.5. The molecule has 4 heterocycles. The Morgan fingerprint density at radius 3 is 2.53 bits per heavy atom. The summed E-state index contributed by atoms with van der Waals surface area (Å²) in [5.41, 5.74) is 3.02. The molecule has 0 aliphatic carbocycles. The van der Waals surface area contributed by atoms with Crippen LogP contribution in [0.2, 0.25) is 0 Å². The number of carbonyl (C=O) groups is 2. The standard InChI is InChI=1S/C29H22N4O4S/c1-17-8-7-14-32-18(2)23(31-27(17)32)25(34)22-24(33(28(36)26(22)35)29-30-13-15-38-29)19-9-6-12-21(16-19)37-20-10-4-3-5-11-20/h3-16,24,34H,1-2H3. The third-order valence-corrected chi connectivity index (χ3v) is 7.30. The Balaban J connectivity index is 1.53. The number of carbonyl (C=O) groups excluding carboxylic acids is 2. The van der Waals surface area contributed by atoms with E-state index in [-0.39, 0.29) is 17.0 Å². The van der Waals surface area contributed by atoms with Crippen molar-refractivity contribution >= 4 is 39.6 Å². The molecule has 1 aliphatic heterocycles. The number of ketones is 1. The van der Waals surface area contributed by atoms with Crippen molar-refractivity contribution in [2.75, 3.05) is 4.90 Å². The zero-order valence-corrected chi connectivity index (χ0v) is 21.3. The highest BCUT2D eigenvalue weighted by atomic mass is 32.1. The van der Waals surface area contributed by atoms with E-state index in [2.05, 4.69) is 9.97 Å². The Labute approximate surface area is 222 Å². The number of fused-ring (bicyclic) bond motifs is 1. The van der Waals surface area contributed by atoms with Crippen molar-refractivity contribution < 1.29 is 19.4 Å². The number of hydrogen-bond acceptors (Lipinski definition) is 7. The average Bonchev–Trinajstić information content (AvgIpc) is 3.63. The summed E-state index contributed by atoms with van der Waals surface area (Å²) >= 11 is 1.24. The molecule has 0 spiro atoms. The van der Waals surface area contributed by atoms with E-state index in [1.165, 1.54) is 16.2 Å². The number of hydrogen-bond donors (Lipinski definition) is 1. The van der Waals surface area contributed by atoms with Crippen LogP contribution in [0.3, 0.4) is 0 Å². The third kappa shape index (κ3) is 3.84. The molecule has 0 saturated carbocycles. The Morgan fingerprint density at radius 1 is 1.00 bits per heavy atom. The van der Waals surface area contributed by atoms with E-state index in [4.69, 9.17) is 4.74 Å². The molecule has 1 fully saturated rings. The van der Waals surface area contributed by atoms with Gasteiger partial charge < -0.3 is 14.2 Å². The van der Waals surface area contributed by atoms with Gasteiger partial charge in [-0.05, 0) is 55.3 Å². The van der Waals surface area contributed by atoms with E-state index in [0.717, 1.165) is 5.56 Å². The van der Waals surface area contributed by atoms with Gasteiger partial charge in [0.05, 0.1) is 17.3 Å². The molecule has 1 atom stereocenters. The van der Waals surface area contributed by atoms with Crippen molar-refractivity contribution in [3.63, 3.8) is 0 Å². The molecular formula is C29H22N4O4S. The lowest BCUT2D eigenvalue weighted by Crippen LogP contribution is -2.29. The number of benzene rings is 2. The molecule has 188 valence electrons. The molecule has 0 bridgehead atoms. The third-order valence-electron chi connectivity index (χ3n) is 6.53. The van der Waals surface area contributed by atoms with E-state index < -0.39 is 17.7 Å². The number of para-hydroxylation sites is 1. The molecule has 5 aromatic rings. The largest absolute Gasteiger partial charge is 0.505 e. The average molecular weight is 523 g/mol. The molecule has 3 aromatic heterocycles. The summed E-state index contributed by atoms with van der Waals surface area (Å²) in [6.07, 6.45) is 3.41. The van der Waals surface area contributed by atoms with Gasteiger partial charge >= 0.3 is 5.91 Å². The van der Waals surface area contributed by atoms with Crippen molar-refractivity contribution in [3.8, 4) is 11.5 Å². The molecular weight excluding hydrogens is 500 g/mol. The summed E-state index contributed by atoms with van der Waals surface area (Å²) in [6.45, 7) is 3.74. The molecule has 1 unspecified atom stereocenters. The van der Waals surface area contributed by atoms with E-state index >= 15 is 0 Å². The Bertz CT molecular complexity index is 1720. The number of Topliss-reactive ketones (excluding diaryl/α,β-unsaturated/α-hetero) is 1. The van der Waals surface area contributed by atoms with Crippen molar-refractivity contribution in [2.24, 2.45) is 0 Å². The predicted octanol–water partition coefficient (Wildman–Crippen LogP) is 5.83. The van der Waals surface area contributed by atoms with Gasteiger partial charge in [-0.1, -0.05) is 36.4 Å². The van der Waals surface area contributed by atoms with E-state index in [9.17, 15) is 14.7 Å². The van der Waals surface area contributed by atoms with Crippen LogP contribution in [-0.4, -0.2) is 31.2 Å². The molecule has 9 heteroatoms. The van der Waals surface area contributed by atoms with Crippen molar-refractivity contribution in [1.29, 1.82) is 0 Å². The van der Waals surface area contributed by atoms with Gasteiger partial charge in [0.15, 0.2) is 10.9 Å². The molecule has 1 aliphatic rings. The van der Waals surface area contributed by atoms with Gasteiger partial charge in [0, 0.05) is 17.8 Å². The van der Waals surface area contributed by atoms with Crippen molar-refractivity contribution in [3.05, 3.63) is 113 Å². The fourth-order valence-electron chi connectivity index (χ4n) is 4.73. The van der Waals surface area contributed by atoms with Crippen LogP contribution >= 0.6 is 11.3 Å². The first-order valence-electron chi connectivity index (χ1n) is 11.9. The second kappa shape index (κ2) is 9.28. The van der Waals surface area contributed by atoms with Crippen LogP contribution in [0.1, 0.15) is 28.6 Å². The van der Waals surface area contributed by atoms with Crippen LogP contribution in [0.15, 0.2) is 90.1 Å². The number of thiazole rings is 1. The maximum Gasteiger partial charge on any atom is 0.301 e. The fraction of sp³-hybridized carbons (Fsp3) is 0.103. The summed E-state index contributed by atoms with van der Waals surface area (Å²) in [4.78, 5) is 37.1. The summed E-state index contributed by atoms with van der Waals surface area (Å²) in [6, 6.07) is 19.3. The monoisotopic (exact) mass is 522 g/mol. The van der Waals surface area contributed by atoms with Gasteiger partial charge in [-0.15, -0.1) is 11.3 Å². The number of aliphatic hydroxyl groups excluding tert-OH is 1. The molecule has 1 amide bonds. The molecule has 1 saturated heterocycles. The molecule has 2 aromatic carbocycles. The minimum Gasteiger partial charge on any atom is -0.505 e. The maximum atomic E-state index is 13.5.